The SMILES string of the molecule is c1ccc2c3c(ccc2c1)Oc1ccc2ccccc2c1C3c1c2ccccc2cc2ccccc12. The van der Waals surface area contributed by atoms with Crippen LogP contribution in [0, 0.1) is 0 Å². The molecule has 0 aromatic heterocycles. The maximum absolute atomic E-state index is 6.67. The van der Waals surface area contributed by atoms with Gasteiger partial charge in [-0.1, -0.05) is 109 Å². The summed E-state index contributed by atoms with van der Waals surface area (Å²) in [6, 6.07) is 46.0. The van der Waals surface area contributed by atoms with E-state index in [0.717, 1.165) is 11.5 Å². The van der Waals surface area contributed by atoms with Crippen LogP contribution in [0.5, 0.6) is 11.5 Å². The first-order valence-electron chi connectivity index (χ1n) is 12.5. The average molecular weight is 459 g/mol. The zero-order chi connectivity index (χ0) is 23.6. The molecule has 1 heteroatoms. The molecule has 0 saturated carbocycles. The van der Waals surface area contributed by atoms with E-state index >= 15 is 0 Å². The third-order valence-corrected chi connectivity index (χ3v) is 7.76. The molecule has 0 spiro atoms. The van der Waals surface area contributed by atoms with Gasteiger partial charge in [0.05, 0.1) is 0 Å². The topological polar surface area (TPSA) is 9.23 Å². The number of ether oxygens (including phenoxy) is 1. The molecule has 0 saturated heterocycles. The van der Waals surface area contributed by atoms with Crippen molar-refractivity contribution in [2.45, 2.75) is 5.92 Å². The zero-order valence-corrected chi connectivity index (χ0v) is 19.6. The molecular formula is C35H22O. The summed E-state index contributed by atoms with van der Waals surface area (Å²) in [5.74, 6) is 1.91. The van der Waals surface area contributed by atoms with Gasteiger partial charge in [0.25, 0.3) is 0 Å². The fourth-order valence-electron chi connectivity index (χ4n) is 6.24. The molecule has 8 rings (SSSR count). The van der Waals surface area contributed by atoms with Crippen molar-refractivity contribution in [1.82, 2.24) is 0 Å². The van der Waals surface area contributed by atoms with Crippen LogP contribution in [0.4, 0.5) is 0 Å². The lowest BCUT2D eigenvalue weighted by Gasteiger charge is -2.32. The molecule has 1 aliphatic heterocycles. The Bertz CT molecular complexity index is 1840. The van der Waals surface area contributed by atoms with E-state index < -0.39 is 0 Å². The van der Waals surface area contributed by atoms with Gasteiger partial charge in [0.1, 0.15) is 11.5 Å². The Labute approximate surface area is 209 Å². The Morgan fingerprint density at radius 1 is 0.361 bits per heavy atom. The van der Waals surface area contributed by atoms with Crippen molar-refractivity contribution in [1.29, 1.82) is 0 Å². The van der Waals surface area contributed by atoms with Gasteiger partial charge in [-0.15, -0.1) is 0 Å². The van der Waals surface area contributed by atoms with Crippen molar-refractivity contribution >= 4 is 43.1 Å². The minimum atomic E-state index is 0.0250. The van der Waals surface area contributed by atoms with Crippen molar-refractivity contribution in [3.05, 3.63) is 144 Å². The molecule has 7 aromatic carbocycles. The van der Waals surface area contributed by atoms with Crippen LogP contribution in [0.15, 0.2) is 127 Å². The van der Waals surface area contributed by atoms with Crippen LogP contribution in [0.3, 0.4) is 0 Å². The molecule has 0 N–H and O–H groups in total. The molecule has 168 valence electrons. The molecule has 1 nitrogen and oxygen atoms in total. The summed E-state index contributed by atoms with van der Waals surface area (Å²) in [5.41, 5.74) is 3.85. The highest BCUT2D eigenvalue weighted by Gasteiger charge is 2.34. The first kappa shape index (κ1) is 19.7. The van der Waals surface area contributed by atoms with Crippen molar-refractivity contribution in [3.63, 3.8) is 0 Å². The number of benzene rings is 7. The van der Waals surface area contributed by atoms with Crippen LogP contribution in [0.1, 0.15) is 22.6 Å². The third kappa shape index (κ3) is 2.71. The van der Waals surface area contributed by atoms with Crippen molar-refractivity contribution in [2.75, 3.05) is 0 Å². The largest absolute Gasteiger partial charge is 0.457 e. The van der Waals surface area contributed by atoms with Crippen molar-refractivity contribution in [2.24, 2.45) is 0 Å². The van der Waals surface area contributed by atoms with Crippen LogP contribution >= 0.6 is 0 Å². The van der Waals surface area contributed by atoms with E-state index in [9.17, 15) is 0 Å². The van der Waals surface area contributed by atoms with Gasteiger partial charge in [-0.3, -0.25) is 0 Å². The van der Waals surface area contributed by atoms with E-state index in [4.69, 9.17) is 4.74 Å². The first-order valence-corrected chi connectivity index (χ1v) is 12.5. The minimum Gasteiger partial charge on any atom is -0.457 e. The third-order valence-electron chi connectivity index (χ3n) is 7.76. The minimum absolute atomic E-state index is 0.0250. The Kier molecular flexibility index (Phi) is 4.06. The number of rotatable bonds is 1. The summed E-state index contributed by atoms with van der Waals surface area (Å²) in [4.78, 5) is 0. The predicted molar refractivity (Wildman–Crippen MR) is 150 cm³/mol. The van der Waals surface area contributed by atoms with E-state index in [1.165, 1.54) is 59.8 Å². The molecule has 0 bridgehead atoms. The second-order valence-electron chi connectivity index (χ2n) is 9.66. The molecule has 0 radical (unpaired) electrons. The number of hydrogen-bond acceptors (Lipinski definition) is 1. The Morgan fingerprint density at radius 2 is 0.750 bits per heavy atom. The molecule has 0 aliphatic carbocycles. The van der Waals surface area contributed by atoms with Crippen LogP contribution < -0.4 is 4.74 Å². The second kappa shape index (κ2) is 7.44. The maximum Gasteiger partial charge on any atom is 0.132 e. The van der Waals surface area contributed by atoms with Gasteiger partial charge >= 0.3 is 0 Å². The van der Waals surface area contributed by atoms with E-state index in [0.29, 0.717) is 0 Å². The highest BCUT2D eigenvalue weighted by Crippen LogP contribution is 2.54. The quantitative estimate of drug-likeness (QED) is 0.223. The lowest BCUT2D eigenvalue weighted by Crippen LogP contribution is -2.14. The van der Waals surface area contributed by atoms with Crippen LogP contribution in [-0.4, -0.2) is 0 Å². The van der Waals surface area contributed by atoms with Gasteiger partial charge < -0.3 is 4.74 Å². The van der Waals surface area contributed by atoms with Gasteiger partial charge in [-0.25, -0.2) is 0 Å². The van der Waals surface area contributed by atoms with Crippen LogP contribution in [0.25, 0.3) is 43.1 Å². The fraction of sp³-hybridized carbons (Fsp3) is 0.0286. The van der Waals surface area contributed by atoms with E-state index in [2.05, 4.69) is 127 Å². The van der Waals surface area contributed by atoms with Crippen molar-refractivity contribution < 1.29 is 4.74 Å². The van der Waals surface area contributed by atoms with E-state index in [-0.39, 0.29) is 5.92 Å². The van der Waals surface area contributed by atoms with Gasteiger partial charge in [0, 0.05) is 17.0 Å². The number of hydrogen-bond donors (Lipinski definition) is 0. The zero-order valence-electron chi connectivity index (χ0n) is 19.6. The van der Waals surface area contributed by atoms with Crippen molar-refractivity contribution in [3.8, 4) is 11.5 Å². The summed E-state index contributed by atoms with van der Waals surface area (Å²) in [7, 11) is 0. The van der Waals surface area contributed by atoms with E-state index in [1.807, 2.05) is 0 Å². The second-order valence-corrected chi connectivity index (χ2v) is 9.66. The summed E-state index contributed by atoms with van der Waals surface area (Å²) in [6.07, 6.45) is 0. The molecule has 1 heterocycles. The molecule has 0 fully saturated rings. The lowest BCUT2D eigenvalue weighted by molar-refractivity contribution is 0.456. The number of fused-ring (bicyclic) bond motifs is 8. The standard InChI is InChI=1S/C35H22O/c1-5-13-26-22(9-1)17-19-30-33(26)35(34-27-14-6-2-10-23(27)18-20-31(34)36-30)32-28-15-7-3-11-24(28)21-25-12-4-8-16-29(25)32/h1-21,35H. The molecule has 0 amide bonds. The van der Waals surface area contributed by atoms with Gasteiger partial charge in [0.2, 0.25) is 0 Å². The predicted octanol–water partition coefficient (Wildman–Crippen LogP) is 9.59. The Balaban J connectivity index is 1.62. The Morgan fingerprint density at radius 3 is 1.22 bits per heavy atom. The highest BCUT2D eigenvalue weighted by atomic mass is 16.5. The molecule has 7 aromatic rings. The summed E-state index contributed by atoms with van der Waals surface area (Å²) in [6.45, 7) is 0. The summed E-state index contributed by atoms with van der Waals surface area (Å²) >= 11 is 0. The average Bonchev–Trinajstić information content (AvgIpc) is 2.94. The van der Waals surface area contributed by atoms with Gasteiger partial charge in [-0.05, 0) is 66.9 Å². The summed E-state index contributed by atoms with van der Waals surface area (Å²) in [5, 5.41) is 10.1. The maximum atomic E-state index is 6.67. The molecule has 1 aliphatic rings. The van der Waals surface area contributed by atoms with Gasteiger partial charge in [0.15, 0.2) is 0 Å². The van der Waals surface area contributed by atoms with Crippen LogP contribution in [-0.2, 0) is 0 Å². The van der Waals surface area contributed by atoms with Crippen LogP contribution in [0.2, 0.25) is 0 Å². The molecule has 36 heavy (non-hydrogen) atoms. The molecular weight excluding hydrogens is 436 g/mol. The molecule has 0 unspecified atom stereocenters. The smallest absolute Gasteiger partial charge is 0.132 e. The lowest BCUT2D eigenvalue weighted by atomic mass is 9.75. The summed E-state index contributed by atoms with van der Waals surface area (Å²) < 4.78 is 6.67. The fourth-order valence-corrected chi connectivity index (χ4v) is 6.24. The monoisotopic (exact) mass is 458 g/mol. The highest BCUT2D eigenvalue weighted by molar-refractivity contribution is 6.06. The first-order chi connectivity index (χ1) is 17.9. The Hall–Kier alpha value is -4.62. The van der Waals surface area contributed by atoms with E-state index in [1.54, 1.807) is 0 Å². The molecule has 0 atom stereocenters. The van der Waals surface area contributed by atoms with Gasteiger partial charge in [-0.2, -0.15) is 0 Å². The normalized spacial score (nSPS) is 13.1.